The third kappa shape index (κ3) is 3.00. The van der Waals surface area contributed by atoms with Crippen molar-refractivity contribution in [1.29, 1.82) is 0 Å². The second-order valence-electron chi connectivity index (χ2n) is 4.07. The number of nitrogens with two attached hydrogens (primary N) is 1. The average molecular weight is 243 g/mol. The second kappa shape index (κ2) is 5.53. The quantitative estimate of drug-likeness (QED) is 0.876. The van der Waals surface area contributed by atoms with Crippen LogP contribution in [0.2, 0.25) is 0 Å². The van der Waals surface area contributed by atoms with Crippen molar-refractivity contribution in [3.63, 3.8) is 0 Å². The highest BCUT2D eigenvalue weighted by atomic mass is 19.2. The van der Waals surface area contributed by atoms with Gasteiger partial charge in [-0.15, -0.1) is 0 Å². The molecule has 5 heteroatoms. The molecule has 1 aromatic carbocycles. The summed E-state index contributed by atoms with van der Waals surface area (Å²) in [5.41, 5.74) is 5.91. The lowest BCUT2D eigenvalue weighted by molar-refractivity contribution is 0.0345. The van der Waals surface area contributed by atoms with Gasteiger partial charge in [-0.1, -0.05) is 12.1 Å². The molecule has 2 rings (SSSR count). The van der Waals surface area contributed by atoms with Crippen LogP contribution in [0.15, 0.2) is 18.2 Å². The van der Waals surface area contributed by atoms with Crippen molar-refractivity contribution in [2.24, 2.45) is 5.73 Å². The van der Waals surface area contributed by atoms with Crippen LogP contribution in [0.3, 0.4) is 0 Å². The Morgan fingerprint density at radius 3 is 3.00 bits per heavy atom. The van der Waals surface area contributed by atoms with Crippen molar-refractivity contribution in [2.45, 2.75) is 18.6 Å². The highest BCUT2D eigenvalue weighted by molar-refractivity contribution is 5.22. The van der Waals surface area contributed by atoms with Crippen LogP contribution in [0.25, 0.3) is 0 Å². The van der Waals surface area contributed by atoms with Crippen LogP contribution in [-0.2, 0) is 9.47 Å². The van der Waals surface area contributed by atoms with Gasteiger partial charge in [-0.05, 0) is 12.5 Å². The Morgan fingerprint density at radius 2 is 2.29 bits per heavy atom. The van der Waals surface area contributed by atoms with Crippen molar-refractivity contribution >= 4 is 0 Å². The van der Waals surface area contributed by atoms with Gasteiger partial charge in [0.15, 0.2) is 11.6 Å². The van der Waals surface area contributed by atoms with Crippen molar-refractivity contribution < 1.29 is 18.3 Å². The van der Waals surface area contributed by atoms with E-state index in [1.165, 1.54) is 12.1 Å². The standard InChI is InChI=1S/C12H15F2NO2/c13-10-3-1-2-9(12(10)14)11(15)7-17-8-4-5-16-6-8/h1-3,8,11H,4-7,15H2. The molecule has 1 saturated heterocycles. The topological polar surface area (TPSA) is 44.5 Å². The number of hydrogen-bond acceptors (Lipinski definition) is 3. The Bertz CT molecular complexity index is 381. The van der Waals surface area contributed by atoms with E-state index in [2.05, 4.69) is 0 Å². The Kier molecular flexibility index (Phi) is 4.04. The number of ether oxygens (including phenoxy) is 2. The number of hydrogen-bond donors (Lipinski definition) is 1. The third-order valence-corrected chi connectivity index (χ3v) is 2.78. The predicted octanol–water partition coefficient (Wildman–Crippen LogP) is 1.77. The normalized spacial score (nSPS) is 21.7. The van der Waals surface area contributed by atoms with Crippen molar-refractivity contribution in [3.05, 3.63) is 35.4 Å². The molecule has 1 aliphatic heterocycles. The molecule has 1 aliphatic rings. The van der Waals surface area contributed by atoms with E-state index in [9.17, 15) is 8.78 Å². The maximum absolute atomic E-state index is 13.4. The van der Waals surface area contributed by atoms with Crippen LogP contribution >= 0.6 is 0 Å². The Hall–Kier alpha value is -1.04. The first-order chi connectivity index (χ1) is 8.18. The summed E-state index contributed by atoms with van der Waals surface area (Å²) in [6.45, 7) is 1.38. The summed E-state index contributed by atoms with van der Waals surface area (Å²) in [6.07, 6.45) is 0.830. The average Bonchev–Trinajstić information content (AvgIpc) is 2.82. The summed E-state index contributed by atoms with van der Waals surface area (Å²) in [4.78, 5) is 0. The molecular formula is C12H15F2NO2. The van der Waals surface area contributed by atoms with Crippen molar-refractivity contribution in [1.82, 2.24) is 0 Å². The SMILES string of the molecule is NC(COC1CCOC1)c1cccc(F)c1F. The Morgan fingerprint density at radius 1 is 1.47 bits per heavy atom. The van der Waals surface area contributed by atoms with Gasteiger partial charge < -0.3 is 15.2 Å². The van der Waals surface area contributed by atoms with E-state index in [1.807, 2.05) is 0 Å². The largest absolute Gasteiger partial charge is 0.379 e. The first-order valence-corrected chi connectivity index (χ1v) is 5.57. The zero-order chi connectivity index (χ0) is 12.3. The number of rotatable bonds is 4. The number of benzene rings is 1. The molecule has 17 heavy (non-hydrogen) atoms. The molecule has 1 fully saturated rings. The monoisotopic (exact) mass is 243 g/mol. The molecule has 0 aromatic heterocycles. The lowest BCUT2D eigenvalue weighted by Gasteiger charge is -2.16. The maximum Gasteiger partial charge on any atom is 0.163 e. The zero-order valence-corrected chi connectivity index (χ0v) is 9.36. The van der Waals surface area contributed by atoms with E-state index >= 15 is 0 Å². The summed E-state index contributed by atoms with van der Waals surface area (Å²) >= 11 is 0. The molecule has 0 saturated carbocycles. The highest BCUT2D eigenvalue weighted by Gasteiger charge is 2.19. The van der Waals surface area contributed by atoms with Gasteiger partial charge in [0.25, 0.3) is 0 Å². The van der Waals surface area contributed by atoms with Crippen LogP contribution in [0.5, 0.6) is 0 Å². The van der Waals surface area contributed by atoms with Gasteiger partial charge in [-0.3, -0.25) is 0 Å². The summed E-state index contributed by atoms with van der Waals surface area (Å²) < 4.78 is 37.0. The fraction of sp³-hybridized carbons (Fsp3) is 0.500. The fourth-order valence-corrected chi connectivity index (χ4v) is 1.78. The third-order valence-electron chi connectivity index (χ3n) is 2.78. The first-order valence-electron chi connectivity index (χ1n) is 5.57. The highest BCUT2D eigenvalue weighted by Crippen LogP contribution is 2.19. The second-order valence-corrected chi connectivity index (χ2v) is 4.07. The molecule has 0 amide bonds. The molecule has 1 aromatic rings. The Labute approximate surface area is 98.5 Å². The molecule has 3 nitrogen and oxygen atoms in total. The lowest BCUT2D eigenvalue weighted by atomic mass is 10.1. The van der Waals surface area contributed by atoms with Crippen molar-refractivity contribution in [2.75, 3.05) is 19.8 Å². The molecule has 0 radical (unpaired) electrons. The van der Waals surface area contributed by atoms with Crippen molar-refractivity contribution in [3.8, 4) is 0 Å². The van der Waals surface area contributed by atoms with Gasteiger partial charge in [-0.2, -0.15) is 0 Å². The zero-order valence-electron chi connectivity index (χ0n) is 9.36. The predicted molar refractivity (Wildman–Crippen MR) is 58.5 cm³/mol. The molecule has 2 unspecified atom stereocenters. The van der Waals surface area contributed by atoms with Crippen LogP contribution in [-0.4, -0.2) is 25.9 Å². The van der Waals surface area contributed by atoms with E-state index < -0.39 is 17.7 Å². The van der Waals surface area contributed by atoms with Gasteiger partial charge in [0.1, 0.15) is 0 Å². The summed E-state index contributed by atoms with van der Waals surface area (Å²) in [5, 5.41) is 0. The Balaban J connectivity index is 1.94. The molecule has 2 N–H and O–H groups in total. The summed E-state index contributed by atoms with van der Waals surface area (Å²) in [5.74, 6) is -1.78. The van der Waals surface area contributed by atoms with E-state index in [1.54, 1.807) is 0 Å². The molecule has 94 valence electrons. The van der Waals surface area contributed by atoms with Crippen LogP contribution < -0.4 is 5.73 Å². The molecule has 0 aliphatic carbocycles. The molecule has 1 heterocycles. The van der Waals surface area contributed by atoms with E-state index in [0.29, 0.717) is 13.2 Å². The minimum absolute atomic E-state index is 0.0117. The van der Waals surface area contributed by atoms with Gasteiger partial charge in [0.05, 0.1) is 25.4 Å². The first kappa shape index (κ1) is 12.4. The van der Waals surface area contributed by atoms with Crippen LogP contribution in [0.4, 0.5) is 8.78 Å². The van der Waals surface area contributed by atoms with Gasteiger partial charge in [0.2, 0.25) is 0 Å². The van der Waals surface area contributed by atoms with E-state index in [-0.39, 0.29) is 18.3 Å². The smallest absolute Gasteiger partial charge is 0.163 e. The van der Waals surface area contributed by atoms with Gasteiger partial charge in [0, 0.05) is 12.2 Å². The molecular weight excluding hydrogens is 228 g/mol. The summed E-state index contributed by atoms with van der Waals surface area (Å²) in [7, 11) is 0. The minimum atomic E-state index is -0.897. The maximum atomic E-state index is 13.4. The van der Waals surface area contributed by atoms with Crippen LogP contribution in [0, 0.1) is 11.6 Å². The van der Waals surface area contributed by atoms with E-state index in [0.717, 1.165) is 12.5 Å². The summed E-state index contributed by atoms with van der Waals surface area (Å²) in [6, 6.07) is 3.31. The fourth-order valence-electron chi connectivity index (χ4n) is 1.78. The minimum Gasteiger partial charge on any atom is -0.379 e. The lowest BCUT2D eigenvalue weighted by Crippen LogP contribution is -2.23. The number of halogens is 2. The molecule has 0 bridgehead atoms. The molecule has 0 spiro atoms. The van der Waals surface area contributed by atoms with Crippen LogP contribution in [0.1, 0.15) is 18.0 Å². The molecule has 2 atom stereocenters. The van der Waals surface area contributed by atoms with Gasteiger partial charge in [-0.25, -0.2) is 8.78 Å². The van der Waals surface area contributed by atoms with Gasteiger partial charge >= 0.3 is 0 Å². The van der Waals surface area contributed by atoms with E-state index in [4.69, 9.17) is 15.2 Å².